The van der Waals surface area contributed by atoms with Crippen LogP contribution in [0.5, 0.6) is 0 Å². The van der Waals surface area contributed by atoms with Crippen LogP contribution in [0.3, 0.4) is 0 Å². The van der Waals surface area contributed by atoms with Crippen molar-refractivity contribution >= 4 is 11.9 Å². The van der Waals surface area contributed by atoms with Gasteiger partial charge in [0, 0.05) is 18.9 Å². The highest BCUT2D eigenvalue weighted by molar-refractivity contribution is 5.36. The number of nitrogens with two attached hydrogens (primary N) is 1. The summed E-state index contributed by atoms with van der Waals surface area (Å²) < 4.78 is 1.84. The summed E-state index contributed by atoms with van der Waals surface area (Å²) in [4.78, 5) is 8.15. The van der Waals surface area contributed by atoms with E-state index in [0.29, 0.717) is 5.95 Å². The van der Waals surface area contributed by atoms with Crippen molar-refractivity contribution in [2.24, 2.45) is 0 Å². The number of nitrogens with one attached hydrogen (secondary N) is 1. The molecule has 3 N–H and O–H groups in total. The largest absolute Gasteiger partial charge is 0.366 e. The first-order valence-electron chi connectivity index (χ1n) is 5.20. The van der Waals surface area contributed by atoms with E-state index in [1.54, 1.807) is 12.4 Å². The molecule has 0 aromatic carbocycles. The van der Waals surface area contributed by atoms with Crippen LogP contribution >= 0.6 is 0 Å². The molecule has 6 heteroatoms. The third kappa shape index (κ3) is 1.39. The molecule has 1 atom stereocenters. The molecule has 0 radical (unpaired) electrons. The topological polar surface area (TPSA) is 81.7 Å². The Morgan fingerprint density at radius 3 is 3.00 bits per heavy atom. The molecule has 1 aliphatic heterocycles. The Hall–Kier alpha value is -2.11. The number of nitrogen functional groups attached to an aromatic ring is 1. The van der Waals surface area contributed by atoms with Crippen molar-refractivity contribution in [3.63, 3.8) is 0 Å². The molecule has 1 aliphatic rings. The van der Waals surface area contributed by atoms with Crippen molar-refractivity contribution in [1.82, 2.24) is 19.7 Å². The van der Waals surface area contributed by atoms with Crippen LogP contribution in [0.2, 0.25) is 0 Å². The zero-order valence-electron chi connectivity index (χ0n) is 8.67. The first-order valence-corrected chi connectivity index (χ1v) is 5.20. The van der Waals surface area contributed by atoms with Crippen LogP contribution < -0.4 is 11.1 Å². The molecule has 0 aliphatic carbocycles. The van der Waals surface area contributed by atoms with Gasteiger partial charge in [-0.2, -0.15) is 4.98 Å². The van der Waals surface area contributed by atoms with Gasteiger partial charge in [-0.15, -0.1) is 5.10 Å². The van der Waals surface area contributed by atoms with Gasteiger partial charge in [0.05, 0.1) is 6.04 Å². The Morgan fingerprint density at radius 1 is 1.38 bits per heavy atom. The van der Waals surface area contributed by atoms with Crippen LogP contribution in [0.15, 0.2) is 24.5 Å². The van der Waals surface area contributed by atoms with E-state index >= 15 is 0 Å². The number of pyridine rings is 1. The summed E-state index contributed by atoms with van der Waals surface area (Å²) in [5.74, 6) is 1.05. The van der Waals surface area contributed by atoms with Gasteiger partial charge in [0.25, 0.3) is 0 Å². The second kappa shape index (κ2) is 3.48. The Labute approximate surface area is 92.5 Å². The van der Waals surface area contributed by atoms with Crippen molar-refractivity contribution in [3.8, 4) is 0 Å². The molecule has 0 saturated carbocycles. The summed E-state index contributed by atoms with van der Waals surface area (Å²) in [5, 5.41) is 7.39. The molecule has 2 aromatic heterocycles. The lowest BCUT2D eigenvalue weighted by Gasteiger charge is -2.24. The summed E-state index contributed by atoms with van der Waals surface area (Å²) in [5.41, 5.74) is 6.79. The number of nitrogens with zero attached hydrogens (tertiary/aromatic N) is 4. The second-order valence-corrected chi connectivity index (χ2v) is 3.75. The zero-order valence-corrected chi connectivity index (χ0v) is 8.67. The third-order valence-corrected chi connectivity index (χ3v) is 2.73. The van der Waals surface area contributed by atoms with E-state index in [1.807, 2.05) is 16.8 Å². The van der Waals surface area contributed by atoms with E-state index in [-0.39, 0.29) is 6.04 Å². The maximum Gasteiger partial charge on any atom is 0.241 e. The standard InChI is InChI=1S/C10H12N6/c11-9-14-10-13-6-3-8(16(10)15-9)7-1-4-12-5-2-7/h1-2,4-5,8H,3,6H2,(H3,11,13,14,15). The van der Waals surface area contributed by atoms with E-state index in [0.717, 1.165) is 18.9 Å². The predicted molar refractivity (Wildman–Crippen MR) is 59.9 cm³/mol. The van der Waals surface area contributed by atoms with E-state index in [2.05, 4.69) is 20.4 Å². The molecular formula is C10H12N6. The maximum atomic E-state index is 5.60. The van der Waals surface area contributed by atoms with E-state index in [4.69, 9.17) is 5.73 Å². The van der Waals surface area contributed by atoms with Crippen molar-refractivity contribution in [1.29, 1.82) is 0 Å². The highest BCUT2D eigenvalue weighted by Crippen LogP contribution is 2.27. The van der Waals surface area contributed by atoms with Gasteiger partial charge in [0.1, 0.15) is 0 Å². The van der Waals surface area contributed by atoms with Gasteiger partial charge >= 0.3 is 0 Å². The van der Waals surface area contributed by atoms with Gasteiger partial charge in [-0.1, -0.05) is 0 Å². The molecule has 1 unspecified atom stereocenters. The van der Waals surface area contributed by atoms with Crippen LogP contribution in [0.25, 0.3) is 0 Å². The zero-order chi connectivity index (χ0) is 11.0. The molecule has 0 spiro atoms. The molecule has 6 nitrogen and oxygen atoms in total. The molecule has 0 saturated heterocycles. The molecular weight excluding hydrogens is 204 g/mol. The van der Waals surface area contributed by atoms with Gasteiger partial charge in [0.15, 0.2) is 0 Å². The fourth-order valence-electron chi connectivity index (χ4n) is 2.01. The molecule has 0 amide bonds. The number of fused-ring (bicyclic) bond motifs is 1. The molecule has 0 fully saturated rings. The van der Waals surface area contributed by atoms with Crippen LogP contribution in [-0.2, 0) is 0 Å². The fraction of sp³-hybridized carbons (Fsp3) is 0.300. The van der Waals surface area contributed by atoms with Gasteiger partial charge < -0.3 is 11.1 Å². The molecule has 0 bridgehead atoms. The molecule has 82 valence electrons. The number of aromatic nitrogens is 4. The number of hydrogen-bond acceptors (Lipinski definition) is 5. The molecule has 3 heterocycles. The van der Waals surface area contributed by atoms with Gasteiger partial charge in [0.2, 0.25) is 11.9 Å². The first-order chi connectivity index (χ1) is 7.84. The third-order valence-electron chi connectivity index (χ3n) is 2.73. The highest BCUT2D eigenvalue weighted by Gasteiger charge is 2.23. The van der Waals surface area contributed by atoms with E-state index < -0.39 is 0 Å². The average Bonchev–Trinajstić information content (AvgIpc) is 2.70. The van der Waals surface area contributed by atoms with Crippen molar-refractivity contribution in [2.45, 2.75) is 12.5 Å². The van der Waals surface area contributed by atoms with Crippen LogP contribution in [0, 0.1) is 0 Å². The minimum absolute atomic E-state index is 0.198. The Bertz CT molecular complexity index is 491. The van der Waals surface area contributed by atoms with Gasteiger partial charge in [-0.3, -0.25) is 4.98 Å². The highest BCUT2D eigenvalue weighted by atomic mass is 15.4. The lowest BCUT2D eigenvalue weighted by molar-refractivity contribution is 0.481. The summed E-state index contributed by atoms with van der Waals surface area (Å²) in [6, 6.07) is 4.19. The Kier molecular flexibility index (Phi) is 1.99. The van der Waals surface area contributed by atoms with Crippen LogP contribution in [0.1, 0.15) is 18.0 Å². The Balaban J connectivity index is 2.05. The quantitative estimate of drug-likeness (QED) is 0.731. The van der Waals surface area contributed by atoms with Crippen LogP contribution in [-0.4, -0.2) is 26.3 Å². The summed E-state index contributed by atoms with van der Waals surface area (Å²) in [6.45, 7) is 0.880. The monoisotopic (exact) mass is 216 g/mol. The normalized spacial score (nSPS) is 18.9. The van der Waals surface area contributed by atoms with Crippen LogP contribution in [0.4, 0.5) is 11.9 Å². The minimum atomic E-state index is 0.198. The number of rotatable bonds is 1. The maximum absolute atomic E-state index is 5.60. The first kappa shape index (κ1) is 9.14. The predicted octanol–water partition coefficient (Wildman–Crippen LogP) is 0.660. The molecule has 2 aromatic rings. The smallest absolute Gasteiger partial charge is 0.241 e. The fourth-order valence-corrected chi connectivity index (χ4v) is 2.01. The summed E-state index contributed by atoms with van der Waals surface area (Å²) >= 11 is 0. The van der Waals surface area contributed by atoms with Crippen molar-refractivity contribution < 1.29 is 0 Å². The van der Waals surface area contributed by atoms with Crippen molar-refractivity contribution in [2.75, 3.05) is 17.6 Å². The Morgan fingerprint density at radius 2 is 2.19 bits per heavy atom. The molecule has 16 heavy (non-hydrogen) atoms. The lowest BCUT2D eigenvalue weighted by Crippen LogP contribution is -2.24. The van der Waals surface area contributed by atoms with Crippen molar-refractivity contribution in [3.05, 3.63) is 30.1 Å². The van der Waals surface area contributed by atoms with Gasteiger partial charge in [-0.25, -0.2) is 4.68 Å². The minimum Gasteiger partial charge on any atom is -0.366 e. The number of anilines is 2. The average molecular weight is 216 g/mol. The van der Waals surface area contributed by atoms with E-state index in [1.165, 1.54) is 5.56 Å². The number of hydrogen-bond donors (Lipinski definition) is 2. The van der Waals surface area contributed by atoms with Gasteiger partial charge in [-0.05, 0) is 24.1 Å². The summed E-state index contributed by atoms with van der Waals surface area (Å²) in [7, 11) is 0. The van der Waals surface area contributed by atoms with E-state index in [9.17, 15) is 0 Å². The SMILES string of the molecule is Nc1nc2n(n1)C(c1ccncc1)CCN2. The summed E-state index contributed by atoms with van der Waals surface area (Å²) in [6.07, 6.45) is 4.55. The molecule has 3 rings (SSSR count). The second-order valence-electron chi connectivity index (χ2n) is 3.75. The lowest BCUT2D eigenvalue weighted by atomic mass is 10.0.